The second-order valence-electron chi connectivity index (χ2n) is 3.99. The number of hydrogen-bond donors (Lipinski definition) is 0. The molecule has 22 heavy (non-hydrogen) atoms. The van der Waals surface area contributed by atoms with Crippen LogP contribution in [0.4, 0.5) is 0 Å². The van der Waals surface area contributed by atoms with E-state index in [4.69, 9.17) is 0 Å². The molecule has 0 aromatic heterocycles. The maximum Gasteiger partial charge on any atom is 1.00 e. The molecule has 0 spiro atoms. The summed E-state index contributed by atoms with van der Waals surface area (Å²) in [5.41, 5.74) is -2.05. The molecule has 0 aliphatic heterocycles. The molecule has 0 N–H and O–H groups in total. The fourth-order valence-electron chi connectivity index (χ4n) is 1.84. The minimum Gasteiger partial charge on any atom is -0.545 e. The fourth-order valence-corrected chi connectivity index (χ4v) is 1.84. The normalized spacial score (nSPS) is 8.77. The number of carbonyl (C=O) groups excluding carboxylic acids is 3. The van der Waals surface area contributed by atoms with Crippen LogP contribution in [0.1, 0.15) is 56.4 Å². The van der Waals surface area contributed by atoms with Crippen LogP contribution in [0.2, 0.25) is 0 Å². The summed E-state index contributed by atoms with van der Waals surface area (Å²) in [4.78, 5) is 32.9. The molecule has 0 heterocycles. The predicted molar refractivity (Wildman–Crippen MR) is 58.0 cm³/mol. The van der Waals surface area contributed by atoms with Gasteiger partial charge in [0.05, 0.1) is 17.9 Å². The number of carboxylic acid groups (broad SMARTS) is 3. The van der Waals surface area contributed by atoms with Gasteiger partial charge in [-0.15, -0.1) is 0 Å². The summed E-state index contributed by atoms with van der Waals surface area (Å²) < 4.78 is 0. The Bertz CT molecular complexity index is 545. The Morgan fingerprint density at radius 3 is 1.73 bits per heavy atom. The molecule has 0 saturated heterocycles. The van der Waals surface area contributed by atoms with Crippen molar-refractivity contribution < 1.29 is 118 Å². The van der Waals surface area contributed by atoms with E-state index in [9.17, 15) is 29.7 Å². The molecule has 1 aromatic carbocycles. The van der Waals surface area contributed by atoms with Gasteiger partial charge in [0, 0.05) is 16.7 Å². The number of carbonyl (C=O) groups is 3. The van der Waals surface area contributed by atoms with Crippen LogP contribution in [0, 0.1) is 0 Å². The molecule has 9 heteroatoms. The van der Waals surface area contributed by atoms with Crippen LogP contribution < -0.4 is 104 Å². The molecule has 0 radical (unpaired) electrons. The first-order valence-corrected chi connectivity index (χ1v) is 5.70. The summed E-state index contributed by atoms with van der Waals surface area (Å²) in [5.74, 6) is -5.39. The van der Waals surface area contributed by atoms with Crippen molar-refractivity contribution in [3.8, 4) is 0 Å². The van der Waals surface area contributed by atoms with E-state index >= 15 is 0 Å². The van der Waals surface area contributed by atoms with Crippen molar-refractivity contribution in [1.82, 2.24) is 0 Å². The van der Waals surface area contributed by atoms with Crippen molar-refractivity contribution in [2.45, 2.75) is 26.2 Å². The smallest absolute Gasteiger partial charge is 0.545 e. The van der Waals surface area contributed by atoms with Crippen molar-refractivity contribution >= 4 is 17.9 Å². The Morgan fingerprint density at radius 2 is 1.36 bits per heavy atom. The van der Waals surface area contributed by atoms with Crippen molar-refractivity contribution in [3.63, 3.8) is 0 Å². The minimum atomic E-state index is -1.88. The zero-order chi connectivity index (χ0) is 14.6. The van der Waals surface area contributed by atoms with E-state index in [1.165, 1.54) is 6.07 Å². The number of carboxylic acids is 3. The van der Waals surface area contributed by atoms with Gasteiger partial charge in [-0.25, -0.2) is 0 Å². The van der Waals surface area contributed by atoms with E-state index in [0.717, 1.165) is 12.5 Å². The first-order chi connectivity index (χ1) is 8.90. The van der Waals surface area contributed by atoms with Crippen LogP contribution >= 0.6 is 0 Å². The van der Waals surface area contributed by atoms with Crippen LogP contribution in [0.3, 0.4) is 0 Å². The van der Waals surface area contributed by atoms with Gasteiger partial charge in [-0.3, -0.25) is 0 Å². The topological polar surface area (TPSA) is 120 Å². The molecule has 1 aromatic rings. The van der Waals surface area contributed by atoms with Crippen molar-refractivity contribution in [2.24, 2.45) is 0 Å². The monoisotopic (exact) mass is 332 g/mol. The molecule has 0 amide bonds. The third-order valence-electron chi connectivity index (χ3n) is 2.72. The molecule has 0 bridgehead atoms. The van der Waals surface area contributed by atoms with E-state index in [1.807, 2.05) is 6.92 Å². The number of rotatable bonds is 6. The van der Waals surface area contributed by atoms with Crippen LogP contribution in [0.25, 0.3) is 0 Å². The third-order valence-corrected chi connectivity index (χ3v) is 2.72. The van der Waals surface area contributed by atoms with Gasteiger partial charge in [-0.2, -0.15) is 0 Å². The Hall–Kier alpha value is 0.630. The zero-order valence-electron chi connectivity index (χ0n) is 13.2. The van der Waals surface area contributed by atoms with E-state index in [2.05, 4.69) is 0 Å². The summed E-state index contributed by atoms with van der Waals surface area (Å²) in [5, 5.41) is 32.9. The summed E-state index contributed by atoms with van der Waals surface area (Å²) in [6.45, 7) is 1.88. The molecule has 102 valence electrons. The zero-order valence-corrected chi connectivity index (χ0v) is 19.2. The first kappa shape index (κ1) is 27.5. The SMILES string of the molecule is CCCCc1ccc(C(=O)[O-])c(C(=O)[O-])c1C(=O)[O-].[Na+].[Na+].[Na+]. The van der Waals surface area contributed by atoms with Gasteiger partial charge in [-0.05, 0) is 18.4 Å². The Kier molecular flexibility index (Phi) is 16.2. The van der Waals surface area contributed by atoms with E-state index in [0.29, 0.717) is 12.8 Å². The average molecular weight is 332 g/mol. The van der Waals surface area contributed by atoms with E-state index < -0.39 is 34.6 Å². The van der Waals surface area contributed by atoms with Crippen LogP contribution in [-0.4, -0.2) is 17.9 Å². The average Bonchev–Trinajstić information content (AvgIpc) is 2.34. The second kappa shape index (κ2) is 13.0. The van der Waals surface area contributed by atoms with Crippen molar-refractivity contribution in [2.75, 3.05) is 0 Å². The minimum absolute atomic E-state index is 0. The number of unbranched alkanes of at least 4 members (excludes halogenated alkanes) is 1. The van der Waals surface area contributed by atoms with Gasteiger partial charge in [-0.1, -0.05) is 25.5 Å². The Morgan fingerprint density at radius 1 is 0.864 bits per heavy atom. The maximum absolute atomic E-state index is 11.1. The first-order valence-electron chi connectivity index (χ1n) is 5.70. The molecule has 0 saturated carbocycles. The summed E-state index contributed by atoms with van der Waals surface area (Å²) in [6.07, 6.45) is 1.72. The molecule has 0 atom stereocenters. The number of hydrogen-bond acceptors (Lipinski definition) is 6. The quantitative estimate of drug-likeness (QED) is 0.477. The molecule has 6 nitrogen and oxygen atoms in total. The fraction of sp³-hybridized carbons (Fsp3) is 0.308. The molecule has 1 rings (SSSR count). The molecular formula is C13H11Na3O6. The largest absolute Gasteiger partial charge is 1.00 e. The van der Waals surface area contributed by atoms with Gasteiger partial charge in [0.15, 0.2) is 0 Å². The van der Waals surface area contributed by atoms with E-state index in [-0.39, 0.29) is 94.2 Å². The molecule has 0 fully saturated rings. The second-order valence-corrected chi connectivity index (χ2v) is 3.99. The standard InChI is InChI=1S/C13H14O6.3Na/c1-2-3-4-7-5-6-8(11(14)15)10(13(18)19)9(7)12(16)17;;;/h5-6H,2-4H2,1H3,(H,14,15)(H,16,17)(H,18,19);;;/q;3*+1/p-3. The number of aromatic carboxylic acids is 3. The van der Waals surface area contributed by atoms with Crippen molar-refractivity contribution in [1.29, 1.82) is 0 Å². The Labute approximate surface area is 194 Å². The van der Waals surface area contributed by atoms with E-state index in [1.54, 1.807) is 0 Å². The summed E-state index contributed by atoms with van der Waals surface area (Å²) >= 11 is 0. The van der Waals surface area contributed by atoms with Crippen LogP contribution in [-0.2, 0) is 6.42 Å². The summed E-state index contributed by atoms with van der Waals surface area (Å²) in [6, 6.07) is 2.27. The predicted octanol–water partition coefficient (Wildman–Crippen LogP) is -10.9. The Balaban J connectivity index is -0.00000120. The number of aryl methyl sites for hydroxylation is 1. The molecular weight excluding hydrogens is 321 g/mol. The third kappa shape index (κ3) is 7.03. The number of benzene rings is 1. The molecule has 0 unspecified atom stereocenters. The van der Waals surface area contributed by atoms with Gasteiger partial charge < -0.3 is 29.7 Å². The molecule has 0 aliphatic rings. The maximum atomic E-state index is 11.1. The van der Waals surface area contributed by atoms with Gasteiger partial charge in [0.25, 0.3) is 0 Å². The van der Waals surface area contributed by atoms with Gasteiger partial charge >= 0.3 is 88.7 Å². The van der Waals surface area contributed by atoms with Gasteiger partial charge in [0.1, 0.15) is 0 Å². The van der Waals surface area contributed by atoms with Crippen molar-refractivity contribution in [3.05, 3.63) is 34.4 Å². The summed E-state index contributed by atoms with van der Waals surface area (Å²) in [7, 11) is 0. The van der Waals surface area contributed by atoms with Crippen LogP contribution in [0.15, 0.2) is 12.1 Å². The van der Waals surface area contributed by atoms with Crippen LogP contribution in [0.5, 0.6) is 0 Å². The molecule has 0 aliphatic carbocycles. The van der Waals surface area contributed by atoms with Gasteiger partial charge in [0.2, 0.25) is 0 Å².